The van der Waals surface area contributed by atoms with E-state index in [1.165, 1.54) is 13.8 Å². The van der Waals surface area contributed by atoms with Crippen LogP contribution in [0.1, 0.15) is 27.7 Å². The van der Waals surface area contributed by atoms with E-state index in [0.29, 0.717) is 0 Å². The molecule has 39 atom stereocenters. The van der Waals surface area contributed by atoms with Crippen molar-refractivity contribution in [3.63, 3.8) is 0 Å². The molecule has 93 heavy (non-hydrogen) atoms. The summed E-state index contributed by atoms with van der Waals surface area (Å²) >= 11 is 0. The van der Waals surface area contributed by atoms with Crippen molar-refractivity contribution in [2.75, 3.05) is 39.6 Å². The molecule has 7 aliphatic heterocycles. The molecule has 0 aliphatic carbocycles. The van der Waals surface area contributed by atoms with Crippen LogP contribution in [0.2, 0.25) is 0 Å². The highest BCUT2D eigenvalue weighted by Gasteiger charge is 2.61. The predicted octanol–water partition coefficient (Wildman–Crippen LogP) is -16.3. The van der Waals surface area contributed by atoms with E-state index in [9.17, 15) is 127 Å². The summed E-state index contributed by atoms with van der Waals surface area (Å²) in [5.74, 6) is -1.95. The van der Waals surface area contributed by atoms with Crippen LogP contribution in [-0.4, -0.2) is 409 Å². The van der Waals surface area contributed by atoms with Crippen LogP contribution in [0.5, 0.6) is 0 Å². The first kappa shape index (κ1) is 77.5. The Labute approximate surface area is 527 Å². The van der Waals surface area contributed by atoms with Gasteiger partial charge < -0.3 is 194 Å². The molecule has 0 aromatic heterocycles. The fourth-order valence-electron chi connectivity index (χ4n) is 11.7. The highest BCUT2D eigenvalue weighted by molar-refractivity contribution is 5.73. The second kappa shape index (κ2) is 33.8. The first-order valence-corrected chi connectivity index (χ1v) is 29.6. The van der Waals surface area contributed by atoms with Crippen LogP contribution in [0.4, 0.5) is 0 Å². The number of hydrogen-bond acceptors (Lipinski definition) is 39. The molecule has 0 radical (unpaired) electrons. The monoisotopic (exact) mass is 1360 g/mol. The zero-order valence-corrected chi connectivity index (χ0v) is 50.1. The Hall–Kier alpha value is -2.83. The highest BCUT2D eigenvalue weighted by atomic mass is 16.8. The summed E-state index contributed by atoms with van der Waals surface area (Å²) in [6.45, 7) is -2.46. The van der Waals surface area contributed by atoms with Gasteiger partial charge >= 0.3 is 0 Å². The molecule has 0 unspecified atom stereocenters. The summed E-state index contributed by atoms with van der Waals surface area (Å²) in [5.41, 5.74) is 0. The maximum absolute atomic E-state index is 13.3. The number of hydrogen-bond donors (Lipinski definition) is 24. The molecule has 7 rings (SSSR count). The number of aliphatic hydroxyl groups excluding tert-OH is 22. The van der Waals surface area contributed by atoms with Gasteiger partial charge in [0.2, 0.25) is 11.8 Å². The molecule has 0 spiro atoms. The Balaban J connectivity index is 1.26. The zero-order valence-electron chi connectivity index (χ0n) is 50.1. The van der Waals surface area contributed by atoms with Crippen LogP contribution >= 0.6 is 0 Å². The first-order chi connectivity index (χ1) is 43.9. The molecular formula is C52H88N2O39. The molecule has 0 bridgehead atoms. The Bertz CT molecular complexity index is 2330. The van der Waals surface area contributed by atoms with Crippen molar-refractivity contribution in [2.45, 2.75) is 267 Å². The van der Waals surface area contributed by atoms with Crippen LogP contribution in [0, 0.1) is 0 Å². The molecule has 41 heteroatoms. The Morgan fingerprint density at radius 3 is 1.06 bits per heavy atom. The molecule has 7 aliphatic rings. The van der Waals surface area contributed by atoms with E-state index < -0.39 is 291 Å². The molecule has 0 saturated carbocycles. The van der Waals surface area contributed by atoms with E-state index in [1.807, 2.05) is 0 Å². The third-order valence-electron chi connectivity index (χ3n) is 16.9. The third-order valence-corrected chi connectivity index (χ3v) is 16.9. The molecule has 0 aromatic carbocycles. The Morgan fingerprint density at radius 2 is 0.699 bits per heavy atom. The van der Waals surface area contributed by atoms with E-state index >= 15 is 0 Å². The van der Waals surface area contributed by atoms with Crippen molar-refractivity contribution in [3.05, 3.63) is 0 Å². The quantitative estimate of drug-likeness (QED) is 0.0358. The van der Waals surface area contributed by atoms with Gasteiger partial charge in [0, 0.05) is 13.8 Å². The number of carbonyl (C=O) groups excluding carboxylic acids is 3. The van der Waals surface area contributed by atoms with Crippen molar-refractivity contribution in [1.82, 2.24) is 10.6 Å². The van der Waals surface area contributed by atoms with Gasteiger partial charge in [0.15, 0.2) is 50.3 Å². The van der Waals surface area contributed by atoms with E-state index in [0.717, 1.165) is 13.8 Å². The van der Waals surface area contributed by atoms with Crippen molar-refractivity contribution in [1.29, 1.82) is 0 Å². The molecule has 7 fully saturated rings. The lowest BCUT2D eigenvalue weighted by Gasteiger charge is -2.52. The molecule has 41 nitrogen and oxygen atoms in total. The second-order valence-corrected chi connectivity index (χ2v) is 23.4. The smallest absolute Gasteiger partial charge is 0.217 e. The number of carbonyl (C=O) groups is 3. The highest BCUT2D eigenvalue weighted by Crippen LogP contribution is 2.40. The van der Waals surface area contributed by atoms with Gasteiger partial charge in [-0.1, -0.05) is 0 Å². The van der Waals surface area contributed by atoms with Crippen LogP contribution in [0.25, 0.3) is 0 Å². The maximum Gasteiger partial charge on any atom is 0.217 e. The van der Waals surface area contributed by atoms with Crippen LogP contribution in [0.15, 0.2) is 0 Å². The maximum atomic E-state index is 13.3. The van der Waals surface area contributed by atoms with Gasteiger partial charge in [-0.25, -0.2) is 0 Å². The van der Waals surface area contributed by atoms with E-state index in [2.05, 4.69) is 10.6 Å². The molecule has 0 aromatic rings. The number of nitrogens with one attached hydrogen (secondary N) is 2. The first-order valence-electron chi connectivity index (χ1n) is 29.6. The van der Waals surface area contributed by atoms with E-state index in [4.69, 9.17) is 66.3 Å². The van der Waals surface area contributed by atoms with Gasteiger partial charge in [-0.15, -0.1) is 0 Å². The van der Waals surface area contributed by atoms with Crippen LogP contribution in [-0.2, 0) is 80.7 Å². The molecule has 24 N–H and O–H groups in total. The zero-order chi connectivity index (χ0) is 68.9. The van der Waals surface area contributed by atoms with Crippen LogP contribution < -0.4 is 10.6 Å². The lowest BCUT2D eigenvalue weighted by molar-refractivity contribution is -0.398. The minimum atomic E-state index is -2.45. The van der Waals surface area contributed by atoms with Gasteiger partial charge in [-0.05, 0) is 13.8 Å². The van der Waals surface area contributed by atoms with Crippen molar-refractivity contribution in [2.24, 2.45) is 0 Å². The largest absolute Gasteiger partial charge is 0.394 e. The van der Waals surface area contributed by atoms with Crippen molar-refractivity contribution in [3.8, 4) is 0 Å². The fraction of sp³-hybridized carbons (Fsp3) is 0.942. The standard InChI is InChI=1S/C52H88N2O39/c1-12-25(66)31(72)34(75)48(80-12)88-40-21(10-60)85-47(24(54-15(4)63)43(40)91-50-36(77)33(74)28(69)18(7-57)82-50)93-45-30(71)20(9-59)84-52(38(45)79)89-41-22(11-61)86-46(23(53-14(3)62)42(41)90-49-35(76)32(73)26(67)13(2)81-49)92-44-29(70)19(8-58)83-51(37(44)78)87-39(17(65)6-56)27(68)16(64)5-55/h5,12-13,16-52,56-61,64-79H,6-11H2,1-4H3,(H,53,62)(H,54,63)/t12-,13-,16-,17+,18+,19+,20+,21+,22+,23+,24+,25+,26+,27+,28-,29-,30-,31+,32+,33-,34-,35-,36+,37+,38+,39+,40+,41+,42+,43+,44-,45-,46-,47-,48-,49-,50-,51-,52-/m0/s1. The average molecular weight is 1370 g/mol. The molecular weight excluding hydrogens is 1280 g/mol. The average Bonchev–Trinajstić information content (AvgIpc) is 0.767. The number of amides is 2. The third kappa shape index (κ3) is 17.1. The summed E-state index contributed by atoms with van der Waals surface area (Å²) < 4.78 is 83.2. The van der Waals surface area contributed by atoms with Gasteiger partial charge in [-0.2, -0.15) is 0 Å². The molecule has 2 amide bonds. The van der Waals surface area contributed by atoms with E-state index in [1.54, 1.807) is 0 Å². The molecule has 7 heterocycles. The van der Waals surface area contributed by atoms with Crippen LogP contribution in [0.3, 0.4) is 0 Å². The lowest BCUT2D eigenvalue weighted by atomic mass is 9.93. The normalized spacial score (nSPS) is 48.0. The number of aliphatic hydroxyl groups is 22. The van der Waals surface area contributed by atoms with Crippen molar-refractivity contribution >= 4 is 18.1 Å². The summed E-state index contributed by atoms with van der Waals surface area (Å²) in [4.78, 5) is 37.9. The SMILES string of the molecule is CC(=O)N[C@H]1[C@H](O[C@H]2[C@@H](O)[C@@H](CO)O[C@@H](O[C@H]3[C@H](O[C@@H]4O[C@@H](C)[C@@H](O)[C@@H](O)[C@@H]4O)[C@@H](NC(C)=O)[C@H](O[C@H]4[C@@H](O)[C@@H](CO)O[C@@H](O[C@@H]([C@H](O)[C@@H](O)C=O)[C@H](O)CO)[C@@H]4O)O[C@@H]3CO)[C@@H]2O)O[C@H](CO)[C@@H](O[C@@H]2O[C@@H](C)[C@@H](O)[C@@H](O)[C@@H]2O)[C@@H]1O[C@@H]1O[C@H](CO)[C@H](O)[C@H](O)[C@H]1O. The minimum absolute atomic E-state index is 0.165. The topological polar surface area (TPSA) is 650 Å². The number of aldehydes is 1. The summed E-state index contributed by atoms with van der Waals surface area (Å²) in [5, 5.41) is 244. The van der Waals surface area contributed by atoms with Gasteiger partial charge in [0.05, 0.1) is 51.8 Å². The minimum Gasteiger partial charge on any atom is -0.394 e. The van der Waals surface area contributed by atoms with Gasteiger partial charge in [0.25, 0.3) is 0 Å². The van der Waals surface area contributed by atoms with E-state index in [-0.39, 0.29) is 6.29 Å². The predicted molar refractivity (Wildman–Crippen MR) is 286 cm³/mol. The Kier molecular flexibility index (Phi) is 28.2. The number of ether oxygens (including phenoxy) is 14. The van der Waals surface area contributed by atoms with Gasteiger partial charge in [0.1, 0.15) is 183 Å². The molecule has 540 valence electrons. The fourth-order valence-corrected chi connectivity index (χ4v) is 11.7. The second-order valence-electron chi connectivity index (χ2n) is 23.4. The number of rotatable bonds is 26. The Morgan fingerprint density at radius 1 is 0.387 bits per heavy atom. The van der Waals surface area contributed by atoms with Gasteiger partial charge in [-0.3, -0.25) is 9.59 Å². The summed E-state index contributed by atoms with van der Waals surface area (Å²) in [7, 11) is 0. The van der Waals surface area contributed by atoms with Crippen molar-refractivity contribution < 1.29 is 193 Å². The summed E-state index contributed by atoms with van der Waals surface area (Å²) in [6, 6.07) is -3.95. The summed E-state index contributed by atoms with van der Waals surface area (Å²) in [6.07, 6.45) is -75.7. The molecule has 7 saturated heterocycles. The lowest BCUT2D eigenvalue weighted by Crippen LogP contribution is -2.72.